The predicted molar refractivity (Wildman–Crippen MR) is 90.4 cm³/mol. The Hall–Kier alpha value is -2.89. The molecule has 6 heteroatoms. The lowest BCUT2D eigenvalue weighted by molar-refractivity contribution is -0.132. The van der Waals surface area contributed by atoms with E-state index in [0.717, 1.165) is 4.90 Å². The summed E-state index contributed by atoms with van der Waals surface area (Å²) >= 11 is 0. The van der Waals surface area contributed by atoms with E-state index in [0.29, 0.717) is 23.3 Å². The van der Waals surface area contributed by atoms with E-state index in [4.69, 9.17) is 4.74 Å². The SMILES string of the molecule is CCC1(c2ccc(OC)cc2)NC(=O)N(Cc2ccccc2F)C1=O. The van der Waals surface area contributed by atoms with Gasteiger partial charge in [-0.3, -0.25) is 9.69 Å². The molecule has 1 saturated heterocycles. The number of hydrogen-bond acceptors (Lipinski definition) is 3. The fraction of sp³-hybridized carbons (Fsp3) is 0.263. The summed E-state index contributed by atoms with van der Waals surface area (Å²) in [5.41, 5.74) is -0.174. The number of nitrogens with one attached hydrogen (secondary N) is 1. The van der Waals surface area contributed by atoms with E-state index >= 15 is 0 Å². The van der Waals surface area contributed by atoms with Crippen LogP contribution in [-0.4, -0.2) is 23.9 Å². The minimum Gasteiger partial charge on any atom is -0.497 e. The van der Waals surface area contributed by atoms with Gasteiger partial charge < -0.3 is 10.1 Å². The molecule has 5 nitrogen and oxygen atoms in total. The Morgan fingerprint density at radius 2 is 1.80 bits per heavy atom. The molecule has 0 bridgehead atoms. The Labute approximate surface area is 145 Å². The molecule has 0 saturated carbocycles. The van der Waals surface area contributed by atoms with Crippen molar-refractivity contribution in [2.24, 2.45) is 0 Å². The highest BCUT2D eigenvalue weighted by atomic mass is 19.1. The molecule has 3 amide bonds. The molecule has 25 heavy (non-hydrogen) atoms. The van der Waals surface area contributed by atoms with Gasteiger partial charge in [-0.1, -0.05) is 37.3 Å². The topological polar surface area (TPSA) is 58.6 Å². The fourth-order valence-electron chi connectivity index (χ4n) is 3.08. The molecular weight excluding hydrogens is 323 g/mol. The molecule has 0 spiro atoms. The van der Waals surface area contributed by atoms with Gasteiger partial charge in [0.15, 0.2) is 0 Å². The van der Waals surface area contributed by atoms with Crippen molar-refractivity contribution in [3.8, 4) is 5.75 Å². The molecule has 130 valence electrons. The Kier molecular flexibility index (Phi) is 4.44. The first-order chi connectivity index (χ1) is 12.0. The summed E-state index contributed by atoms with van der Waals surface area (Å²) in [4.78, 5) is 26.5. The highest BCUT2D eigenvalue weighted by molar-refractivity contribution is 6.07. The van der Waals surface area contributed by atoms with Gasteiger partial charge in [-0.15, -0.1) is 0 Å². The first-order valence-corrected chi connectivity index (χ1v) is 8.04. The van der Waals surface area contributed by atoms with Gasteiger partial charge in [0.2, 0.25) is 0 Å². The van der Waals surface area contributed by atoms with Gasteiger partial charge in [-0.05, 0) is 30.2 Å². The van der Waals surface area contributed by atoms with Crippen LogP contribution in [0.25, 0.3) is 0 Å². The zero-order chi connectivity index (χ0) is 18.0. The lowest BCUT2D eigenvalue weighted by atomic mass is 9.87. The zero-order valence-electron chi connectivity index (χ0n) is 14.1. The number of nitrogens with zero attached hydrogens (tertiary/aromatic N) is 1. The van der Waals surface area contributed by atoms with Crippen molar-refractivity contribution >= 4 is 11.9 Å². The van der Waals surface area contributed by atoms with E-state index in [1.165, 1.54) is 6.07 Å². The molecule has 1 aliphatic heterocycles. The van der Waals surface area contributed by atoms with E-state index in [2.05, 4.69) is 5.32 Å². The number of rotatable bonds is 5. The molecule has 1 aliphatic rings. The highest BCUT2D eigenvalue weighted by Gasteiger charge is 2.51. The third-order valence-corrected chi connectivity index (χ3v) is 4.58. The minimum atomic E-state index is -1.14. The molecule has 0 aromatic heterocycles. The lowest BCUT2D eigenvalue weighted by Gasteiger charge is -2.26. The molecule has 1 atom stereocenters. The molecule has 0 aliphatic carbocycles. The van der Waals surface area contributed by atoms with Crippen LogP contribution in [0.3, 0.4) is 0 Å². The van der Waals surface area contributed by atoms with Crippen molar-refractivity contribution in [2.45, 2.75) is 25.4 Å². The van der Waals surface area contributed by atoms with Crippen LogP contribution in [0.15, 0.2) is 48.5 Å². The van der Waals surface area contributed by atoms with Crippen molar-refractivity contribution < 1.29 is 18.7 Å². The fourth-order valence-corrected chi connectivity index (χ4v) is 3.08. The standard InChI is InChI=1S/C19H19FN2O3/c1-3-19(14-8-10-15(25-2)11-9-14)17(23)22(18(24)21-19)12-13-6-4-5-7-16(13)20/h4-11H,3,12H2,1-2H3,(H,21,24). The average Bonchev–Trinajstić information content (AvgIpc) is 2.88. The number of halogens is 1. The molecule has 3 rings (SSSR count). The predicted octanol–water partition coefficient (Wildman–Crippen LogP) is 3.19. The van der Waals surface area contributed by atoms with E-state index < -0.39 is 17.4 Å². The van der Waals surface area contributed by atoms with Crippen LogP contribution in [0, 0.1) is 5.82 Å². The van der Waals surface area contributed by atoms with Crippen molar-refractivity contribution in [3.05, 3.63) is 65.5 Å². The van der Waals surface area contributed by atoms with Gasteiger partial charge in [-0.2, -0.15) is 0 Å². The van der Waals surface area contributed by atoms with Crippen LogP contribution in [0.4, 0.5) is 9.18 Å². The summed E-state index contributed by atoms with van der Waals surface area (Å²) in [5.74, 6) is -0.162. The number of urea groups is 1. The van der Waals surface area contributed by atoms with Crippen molar-refractivity contribution in [1.82, 2.24) is 10.2 Å². The average molecular weight is 342 g/mol. The van der Waals surface area contributed by atoms with Gasteiger partial charge in [0.1, 0.15) is 17.1 Å². The summed E-state index contributed by atoms with van der Waals surface area (Å²) in [5, 5.41) is 2.78. The van der Waals surface area contributed by atoms with E-state index in [1.54, 1.807) is 49.6 Å². The Bertz CT molecular complexity index is 807. The van der Waals surface area contributed by atoms with Crippen LogP contribution < -0.4 is 10.1 Å². The summed E-state index contributed by atoms with van der Waals surface area (Å²) in [6, 6.07) is 12.6. The number of amides is 3. The maximum atomic E-state index is 13.9. The van der Waals surface area contributed by atoms with Crippen molar-refractivity contribution in [1.29, 1.82) is 0 Å². The minimum absolute atomic E-state index is 0.102. The van der Waals surface area contributed by atoms with Gasteiger partial charge >= 0.3 is 6.03 Å². The maximum Gasteiger partial charge on any atom is 0.325 e. The smallest absolute Gasteiger partial charge is 0.325 e. The number of methoxy groups -OCH3 is 1. The van der Waals surface area contributed by atoms with E-state index in [9.17, 15) is 14.0 Å². The summed E-state index contributed by atoms with van der Waals surface area (Å²) in [7, 11) is 1.56. The first-order valence-electron chi connectivity index (χ1n) is 8.04. The van der Waals surface area contributed by atoms with Crippen LogP contribution in [0.2, 0.25) is 0 Å². The quantitative estimate of drug-likeness (QED) is 0.849. The number of hydrogen-bond donors (Lipinski definition) is 1. The number of imide groups is 1. The number of carbonyl (C=O) groups excluding carboxylic acids is 2. The maximum absolute atomic E-state index is 13.9. The largest absolute Gasteiger partial charge is 0.497 e. The monoisotopic (exact) mass is 342 g/mol. The third-order valence-electron chi connectivity index (χ3n) is 4.58. The van der Waals surface area contributed by atoms with Crippen molar-refractivity contribution in [2.75, 3.05) is 7.11 Å². The second-order valence-corrected chi connectivity index (χ2v) is 5.90. The molecule has 1 heterocycles. The van der Waals surface area contributed by atoms with Crippen LogP contribution in [-0.2, 0) is 16.9 Å². The molecule has 1 fully saturated rings. The second kappa shape index (κ2) is 6.55. The van der Waals surface area contributed by atoms with E-state index in [1.807, 2.05) is 6.92 Å². The van der Waals surface area contributed by atoms with Gasteiger partial charge in [0.25, 0.3) is 5.91 Å². The van der Waals surface area contributed by atoms with Gasteiger partial charge in [0, 0.05) is 5.56 Å². The normalized spacial score (nSPS) is 19.9. The number of ether oxygens (including phenoxy) is 1. The van der Waals surface area contributed by atoms with Gasteiger partial charge in [-0.25, -0.2) is 9.18 Å². The Morgan fingerprint density at radius 1 is 1.12 bits per heavy atom. The highest BCUT2D eigenvalue weighted by Crippen LogP contribution is 2.34. The Balaban J connectivity index is 1.93. The molecule has 0 radical (unpaired) electrons. The lowest BCUT2D eigenvalue weighted by Crippen LogP contribution is -2.43. The van der Waals surface area contributed by atoms with Crippen molar-refractivity contribution in [3.63, 3.8) is 0 Å². The first kappa shape index (κ1) is 17.0. The molecule has 1 N–H and O–H groups in total. The summed E-state index contributed by atoms with van der Waals surface area (Å²) in [6.07, 6.45) is 0.387. The number of benzene rings is 2. The molecule has 1 unspecified atom stereocenters. The second-order valence-electron chi connectivity index (χ2n) is 5.90. The summed E-state index contributed by atoms with van der Waals surface area (Å²) in [6.45, 7) is 1.73. The van der Waals surface area contributed by atoms with Crippen LogP contribution >= 0.6 is 0 Å². The van der Waals surface area contributed by atoms with Crippen LogP contribution in [0.5, 0.6) is 5.75 Å². The molecule has 2 aromatic rings. The van der Waals surface area contributed by atoms with Gasteiger partial charge in [0.05, 0.1) is 13.7 Å². The zero-order valence-corrected chi connectivity index (χ0v) is 14.1. The molecule has 2 aromatic carbocycles. The Morgan fingerprint density at radius 3 is 2.40 bits per heavy atom. The number of carbonyl (C=O) groups is 2. The summed E-state index contributed by atoms with van der Waals surface area (Å²) < 4.78 is 19.0. The van der Waals surface area contributed by atoms with E-state index in [-0.39, 0.29) is 12.5 Å². The third kappa shape index (κ3) is 2.84. The van der Waals surface area contributed by atoms with Crippen LogP contribution in [0.1, 0.15) is 24.5 Å². The molecular formula is C19H19FN2O3.